The van der Waals surface area contributed by atoms with Crippen LogP contribution in [0.4, 0.5) is 0 Å². The van der Waals surface area contributed by atoms with E-state index in [0.29, 0.717) is 19.3 Å². The lowest BCUT2D eigenvalue weighted by atomic mass is 9.93. The Morgan fingerprint density at radius 3 is 1.79 bits per heavy atom. The minimum atomic E-state index is -5.05. The molecule has 1 aliphatic rings. The van der Waals surface area contributed by atoms with Crippen LogP contribution < -0.4 is 10.6 Å². The van der Waals surface area contributed by atoms with Crippen LogP contribution in [-0.2, 0) is 37.7 Å². The average molecular weight is 838 g/mol. The molecule has 1 aliphatic heterocycles. The van der Waals surface area contributed by atoms with Gasteiger partial charge >= 0.3 is 13.8 Å². The van der Waals surface area contributed by atoms with E-state index in [1.807, 2.05) is 0 Å². The normalized spacial score (nSPS) is 20.2. The summed E-state index contributed by atoms with van der Waals surface area (Å²) in [5.41, 5.74) is 0. The van der Waals surface area contributed by atoms with Gasteiger partial charge in [-0.1, -0.05) is 156 Å². The van der Waals surface area contributed by atoms with Crippen molar-refractivity contribution in [2.24, 2.45) is 5.92 Å². The van der Waals surface area contributed by atoms with Crippen molar-refractivity contribution in [3.63, 3.8) is 0 Å². The molecule has 336 valence electrons. The second-order valence-electron chi connectivity index (χ2n) is 15.9. The Labute approximate surface area is 345 Å². The first-order valence-corrected chi connectivity index (χ1v) is 23.9. The highest BCUT2D eigenvalue weighted by atomic mass is 31.2. The predicted octanol–water partition coefficient (Wildman–Crippen LogP) is 7.17. The van der Waals surface area contributed by atoms with Crippen LogP contribution in [0.3, 0.4) is 0 Å². The predicted molar refractivity (Wildman–Crippen MR) is 221 cm³/mol. The second kappa shape index (κ2) is 34.1. The van der Waals surface area contributed by atoms with Crippen LogP contribution in [0.2, 0.25) is 0 Å². The smallest absolute Gasteiger partial charge is 0.457 e. The molecule has 15 heteroatoms. The Morgan fingerprint density at radius 2 is 1.28 bits per heavy atom. The maximum atomic E-state index is 14.2. The number of esters is 1. The van der Waals surface area contributed by atoms with Crippen LogP contribution in [0.25, 0.3) is 0 Å². The summed E-state index contributed by atoms with van der Waals surface area (Å²) in [6.45, 7) is 5.30. The summed E-state index contributed by atoms with van der Waals surface area (Å²) in [7, 11) is -5.05. The summed E-state index contributed by atoms with van der Waals surface area (Å²) in [5.74, 6) is -2.04. The van der Waals surface area contributed by atoms with Gasteiger partial charge in [0.2, 0.25) is 13.2 Å². The van der Waals surface area contributed by atoms with Crippen LogP contribution in [0.15, 0.2) is 0 Å². The van der Waals surface area contributed by atoms with Crippen LogP contribution in [0.5, 0.6) is 0 Å². The number of rotatable bonds is 38. The lowest BCUT2D eigenvalue weighted by Crippen LogP contribution is -2.62. The molecule has 2 amide bonds. The monoisotopic (exact) mass is 838 g/mol. The summed E-state index contributed by atoms with van der Waals surface area (Å²) >= 11 is 0. The van der Waals surface area contributed by atoms with Gasteiger partial charge in [0.05, 0.1) is 44.3 Å². The average Bonchev–Trinajstić information content (AvgIpc) is 3.19. The molecule has 0 aromatic heterocycles. The third kappa shape index (κ3) is 27.7. The fourth-order valence-electron chi connectivity index (χ4n) is 7.29. The van der Waals surface area contributed by atoms with Gasteiger partial charge in [0.15, 0.2) is 6.10 Å². The maximum Gasteiger partial charge on any atom is 0.470 e. The van der Waals surface area contributed by atoms with E-state index in [4.69, 9.17) is 25.3 Å². The number of carbonyl (C=O) groups excluding carboxylic acids is 3. The molecular formula is C42H81N2O12P. The Hall–Kier alpha value is -1.64. The molecule has 0 aromatic carbocycles. The first-order chi connectivity index (χ1) is 28.0. The summed E-state index contributed by atoms with van der Waals surface area (Å²) in [6.07, 6.45) is 19.1. The molecule has 1 saturated heterocycles. The van der Waals surface area contributed by atoms with Crippen molar-refractivity contribution in [1.29, 1.82) is 1.43 Å². The van der Waals surface area contributed by atoms with Crippen molar-refractivity contribution < 1.29 is 57.7 Å². The van der Waals surface area contributed by atoms with E-state index >= 15 is 0 Å². The van der Waals surface area contributed by atoms with Crippen LogP contribution >= 0.6 is 7.82 Å². The molecule has 1 rings (SSSR count). The summed E-state index contributed by atoms with van der Waals surface area (Å²) < 4.78 is 43.0. The van der Waals surface area contributed by atoms with E-state index in [2.05, 4.69) is 36.3 Å². The third-order valence-electron chi connectivity index (χ3n) is 10.6. The molecule has 0 radical (unpaired) electrons. The molecule has 6 atom stereocenters. The number of hydrogen-bond donors (Lipinski definition) is 6. The third-order valence-corrected chi connectivity index (χ3v) is 11.1. The SMILES string of the molecule is [2H]OP(=O)(O)O[C@H]1[C@H](OC(=O)C(CCCCCCCCC)CCCCCCCCC)[C@@H](NC(=O)C[C@H](O)CCCCCCCCC)CO[C@@H]1COCC(=O)NCCO. The molecule has 0 aromatic rings. The molecule has 14 nitrogen and oxygen atoms in total. The van der Waals surface area contributed by atoms with Gasteiger partial charge in [-0.3, -0.25) is 18.9 Å². The number of aliphatic hydroxyl groups is 2. The molecule has 6 N–H and O–H groups in total. The van der Waals surface area contributed by atoms with Gasteiger partial charge in [-0.15, -0.1) is 0 Å². The minimum Gasteiger partial charge on any atom is -0.457 e. The molecule has 57 heavy (non-hydrogen) atoms. The molecule has 0 aliphatic carbocycles. The van der Waals surface area contributed by atoms with E-state index in [1.54, 1.807) is 0 Å². The first kappa shape index (κ1) is 51.5. The van der Waals surface area contributed by atoms with Crippen molar-refractivity contribution in [3.05, 3.63) is 0 Å². The fraction of sp³-hybridized carbons (Fsp3) is 0.929. The van der Waals surface area contributed by atoms with Crippen molar-refractivity contribution in [3.8, 4) is 0 Å². The Morgan fingerprint density at radius 1 is 0.772 bits per heavy atom. The van der Waals surface area contributed by atoms with Crippen LogP contribution in [0, 0.1) is 5.92 Å². The molecule has 1 unspecified atom stereocenters. The first-order valence-electron chi connectivity index (χ1n) is 22.8. The van der Waals surface area contributed by atoms with Gasteiger partial charge in [-0.05, 0) is 19.3 Å². The number of carbonyl (C=O) groups is 3. The van der Waals surface area contributed by atoms with Gasteiger partial charge in [0.25, 0.3) is 0 Å². The number of phosphoric ester groups is 1. The topological polar surface area (TPSA) is 210 Å². The number of nitrogens with one attached hydrogen (secondary N) is 2. The van der Waals surface area contributed by atoms with Crippen LogP contribution in [-0.4, -0.2) is 103 Å². The van der Waals surface area contributed by atoms with Crippen molar-refractivity contribution >= 4 is 25.6 Å². The highest BCUT2D eigenvalue weighted by Crippen LogP contribution is 2.41. The lowest BCUT2D eigenvalue weighted by Gasteiger charge is -2.42. The van der Waals surface area contributed by atoms with E-state index in [-0.39, 0.29) is 32.8 Å². The molecule has 0 saturated carbocycles. The highest BCUT2D eigenvalue weighted by molar-refractivity contribution is 7.46. The Bertz CT molecular complexity index is 1090. The molecule has 1 fully saturated rings. The van der Waals surface area contributed by atoms with Gasteiger partial charge in [-0.25, -0.2) is 4.57 Å². The number of ether oxygens (including phenoxy) is 3. The summed E-state index contributed by atoms with van der Waals surface area (Å²) in [5, 5.41) is 25.0. The van der Waals surface area contributed by atoms with Crippen molar-refractivity contribution in [2.45, 2.75) is 212 Å². The highest BCUT2D eigenvalue weighted by Gasteiger charge is 2.48. The Balaban J connectivity index is 3.23. The van der Waals surface area contributed by atoms with Gasteiger partial charge < -0.3 is 44.8 Å². The zero-order valence-electron chi connectivity index (χ0n) is 36.6. The molecular weight excluding hydrogens is 755 g/mol. The Kier molecular flexibility index (Phi) is 30.8. The molecule has 0 spiro atoms. The van der Waals surface area contributed by atoms with E-state index in [0.717, 1.165) is 89.9 Å². The van der Waals surface area contributed by atoms with Gasteiger partial charge in [0, 0.05) is 6.54 Å². The number of phosphoric acid groups is 1. The standard InChI is InChI=1S/C42H81N2O12P/c1-4-7-10-13-16-19-22-25-34(26-23-20-17-14-11-8-5-2)42(49)55-40-36(44-38(47)30-35(46)27-24-21-18-15-12-9-6-3)31-54-37(41(40)56-57(50,51)52)32-53-33-39(48)43-28-29-45/h34-37,40-41,45-46H,4-33H2,1-3H3,(H,43,48)(H,44,47)(H2,50,51,52)/t35-,36+,37-,40-,41-/m1/s1/i/hD. The van der Waals surface area contributed by atoms with E-state index in [1.165, 1.54) is 44.9 Å². The minimum absolute atomic E-state index is 0.0222. The van der Waals surface area contributed by atoms with Gasteiger partial charge in [0.1, 0.15) is 18.8 Å². The van der Waals surface area contributed by atoms with E-state index in [9.17, 15) is 28.9 Å². The van der Waals surface area contributed by atoms with Crippen molar-refractivity contribution in [2.75, 3.05) is 33.0 Å². The number of unbranched alkanes of at least 4 members (excludes halogenated alkanes) is 18. The number of hydrogen-bond acceptors (Lipinski definition) is 11. The number of aliphatic hydroxyl groups excluding tert-OH is 2. The zero-order valence-corrected chi connectivity index (χ0v) is 36.5. The maximum absolute atomic E-state index is 14.2. The van der Waals surface area contributed by atoms with Gasteiger partial charge in [-0.2, -0.15) is 0 Å². The van der Waals surface area contributed by atoms with Crippen LogP contribution in [0.1, 0.15) is 181 Å². The quantitative estimate of drug-likeness (QED) is 0.0208. The second-order valence-corrected chi connectivity index (χ2v) is 17.0. The number of amides is 2. The van der Waals surface area contributed by atoms with Crippen molar-refractivity contribution in [1.82, 2.24) is 10.6 Å². The summed E-state index contributed by atoms with van der Waals surface area (Å²) in [4.78, 5) is 54.0. The van der Waals surface area contributed by atoms with E-state index < -0.39 is 68.6 Å². The molecule has 1 heterocycles. The largest absolute Gasteiger partial charge is 0.470 e. The fourth-order valence-corrected chi connectivity index (χ4v) is 7.86. The lowest BCUT2D eigenvalue weighted by molar-refractivity contribution is -0.194. The molecule has 0 bridgehead atoms. The summed E-state index contributed by atoms with van der Waals surface area (Å²) in [6, 6.07) is -1.06. The zero-order chi connectivity index (χ0) is 42.9.